The van der Waals surface area contributed by atoms with E-state index in [1.54, 1.807) is 19.1 Å². The lowest BCUT2D eigenvalue weighted by atomic mass is 10.2. The van der Waals surface area contributed by atoms with E-state index in [1.807, 2.05) is 6.92 Å². The van der Waals surface area contributed by atoms with Crippen LogP contribution in [0.4, 0.5) is 13.9 Å². The summed E-state index contributed by atoms with van der Waals surface area (Å²) in [5.74, 6) is -2.14. The van der Waals surface area contributed by atoms with Crippen LogP contribution in [0, 0.1) is 25.5 Å². The van der Waals surface area contributed by atoms with E-state index in [0.29, 0.717) is 5.69 Å². The van der Waals surface area contributed by atoms with Gasteiger partial charge in [-0.05, 0) is 38.1 Å². The molecule has 0 radical (unpaired) electrons. The highest BCUT2D eigenvalue weighted by molar-refractivity contribution is 7.93. The van der Waals surface area contributed by atoms with E-state index in [-0.39, 0.29) is 27.0 Å². The first-order valence-electron chi connectivity index (χ1n) is 8.45. The molecule has 10 heteroatoms. The van der Waals surface area contributed by atoms with Gasteiger partial charge in [0.1, 0.15) is 16.5 Å². The summed E-state index contributed by atoms with van der Waals surface area (Å²) in [7, 11) is -3.86. The maximum Gasteiger partial charge on any atom is 0.263 e. The van der Waals surface area contributed by atoms with Crippen LogP contribution < -0.4 is 10.0 Å². The third kappa shape index (κ3) is 4.77. The molecular weight excluding hydrogens is 420 g/mol. The molecule has 0 fully saturated rings. The average Bonchev–Trinajstić information content (AvgIpc) is 3.01. The van der Waals surface area contributed by atoms with Gasteiger partial charge in [-0.15, -0.1) is 0 Å². The average molecular weight is 437 g/mol. The molecule has 0 saturated heterocycles. The molecule has 2 N–H and O–H groups in total. The van der Waals surface area contributed by atoms with Crippen molar-refractivity contribution in [1.82, 2.24) is 10.3 Å². The Balaban J connectivity index is 1.74. The third-order valence-corrected chi connectivity index (χ3v) is 6.60. The summed E-state index contributed by atoms with van der Waals surface area (Å²) in [4.78, 5) is 16.7. The van der Waals surface area contributed by atoms with Crippen molar-refractivity contribution in [2.24, 2.45) is 0 Å². The van der Waals surface area contributed by atoms with Crippen LogP contribution in [0.5, 0.6) is 0 Å². The van der Waals surface area contributed by atoms with Crippen molar-refractivity contribution >= 4 is 32.4 Å². The molecule has 1 heterocycles. The van der Waals surface area contributed by atoms with Gasteiger partial charge in [0.2, 0.25) is 0 Å². The molecule has 0 unspecified atom stereocenters. The van der Waals surface area contributed by atoms with Crippen molar-refractivity contribution in [2.75, 3.05) is 4.72 Å². The van der Waals surface area contributed by atoms with Gasteiger partial charge in [0, 0.05) is 12.1 Å². The number of rotatable bonds is 6. The fourth-order valence-corrected chi connectivity index (χ4v) is 4.61. The van der Waals surface area contributed by atoms with Crippen molar-refractivity contribution in [3.63, 3.8) is 0 Å². The minimum absolute atomic E-state index is 0.0188. The van der Waals surface area contributed by atoms with E-state index in [9.17, 15) is 22.0 Å². The lowest BCUT2D eigenvalue weighted by Crippen LogP contribution is -2.23. The van der Waals surface area contributed by atoms with Crippen molar-refractivity contribution in [3.8, 4) is 0 Å². The predicted molar refractivity (Wildman–Crippen MR) is 106 cm³/mol. The number of nitrogens with zero attached hydrogens (tertiary/aromatic N) is 1. The van der Waals surface area contributed by atoms with Gasteiger partial charge in [-0.25, -0.2) is 22.2 Å². The van der Waals surface area contributed by atoms with Gasteiger partial charge in [-0.2, -0.15) is 0 Å². The number of aromatic nitrogens is 1. The van der Waals surface area contributed by atoms with E-state index in [1.165, 1.54) is 18.2 Å². The lowest BCUT2D eigenvalue weighted by Gasteiger charge is -2.06. The molecule has 0 aliphatic rings. The highest BCUT2D eigenvalue weighted by Crippen LogP contribution is 2.25. The monoisotopic (exact) mass is 437 g/mol. The number of halogens is 2. The second kappa shape index (κ2) is 8.26. The predicted octanol–water partition coefficient (Wildman–Crippen LogP) is 3.77. The molecule has 0 atom stereocenters. The number of hydrogen-bond acceptors (Lipinski definition) is 5. The van der Waals surface area contributed by atoms with Crippen LogP contribution in [0.25, 0.3) is 0 Å². The zero-order valence-corrected chi connectivity index (χ0v) is 17.1. The summed E-state index contributed by atoms with van der Waals surface area (Å²) < 4.78 is 54.6. The number of aryl methyl sites for hydroxylation is 2. The third-order valence-electron chi connectivity index (χ3n) is 4.04. The first kappa shape index (κ1) is 20.9. The number of hydrogen-bond donors (Lipinski definition) is 2. The Kier molecular flexibility index (Phi) is 5.94. The van der Waals surface area contributed by atoms with Crippen LogP contribution >= 0.6 is 11.3 Å². The number of anilines is 1. The van der Waals surface area contributed by atoms with Crippen LogP contribution in [0.1, 0.15) is 26.5 Å². The van der Waals surface area contributed by atoms with E-state index in [2.05, 4.69) is 15.0 Å². The van der Waals surface area contributed by atoms with Crippen LogP contribution in [0.3, 0.4) is 0 Å². The van der Waals surface area contributed by atoms with Gasteiger partial charge >= 0.3 is 0 Å². The first-order chi connectivity index (χ1) is 13.7. The Morgan fingerprint density at radius 3 is 2.31 bits per heavy atom. The first-order valence-corrected chi connectivity index (χ1v) is 10.8. The smallest absolute Gasteiger partial charge is 0.263 e. The van der Waals surface area contributed by atoms with Crippen molar-refractivity contribution in [1.29, 1.82) is 0 Å². The van der Waals surface area contributed by atoms with Crippen LogP contribution in [0.15, 0.2) is 47.4 Å². The molecule has 1 amide bonds. The molecule has 0 bridgehead atoms. The Bertz CT molecular complexity index is 1140. The van der Waals surface area contributed by atoms with E-state index < -0.39 is 27.6 Å². The second-order valence-corrected chi connectivity index (χ2v) is 8.92. The summed E-state index contributed by atoms with van der Waals surface area (Å²) in [5, 5.41) is 2.44. The minimum atomic E-state index is -3.86. The lowest BCUT2D eigenvalue weighted by molar-refractivity contribution is 0.0953. The topological polar surface area (TPSA) is 88.2 Å². The Morgan fingerprint density at radius 2 is 1.69 bits per heavy atom. The number of benzene rings is 2. The standard InChI is InChI=1S/C19H17F2N3O3S2/c1-11-6-8-13(9-7-11)29(26,27)24-19-23-12(2)17(28-19)18(25)22-10-14-15(20)4-3-5-16(14)21/h3-9H,10H2,1-2H3,(H,22,25)(H,23,24). The molecule has 0 aliphatic carbocycles. The number of nitrogens with one attached hydrogen (secondary N) is 2. The van der Waals surface area contributed by atoms with Crippen molar-refractivity contribution < 1.29 is 22.0 Å². The quantitative estimate of drug-likeness (QED) is 0.615. The van der Waals surface area contributed by atoms with Gasteiger partial charge in [0.25, 0.3) is 15.9 Å². The number of amides is 1. The normalized spacial score (nSPS) is 11.3. The van der Waals surface area contributed by atoms with Crippen LogP contribution in [-0.4, -0.2) is 19.3 Å². The SMILES string of the molecule is Cc1ccc(S(=O)(=O)Nc2nc(C)c(C(=O)NCc3c(F)cccc3F)s2)cc1. The number of carbonyl (C=O) groups excluding carboxylic acids is 1. The van der Waals surface area contributed by atoms with Crippen LogP contribution in [-0.2, 0) is 16.6 Å². The van der Waals surface area contributed by atoms with E-state index >= 15 is 0 Å². The summed E-state index contributed by atoms with van der Waals surface area (Å²) in [5.41, 5.74) is 0.950. The van der Waals surface area contributed by atoms with E-state index in [0.717, 1.165) is 29.0 Å². The molecule has 2 aromatic carbocycles. The maximum atomic E-state index is 13.7. The fraction of sp³-hybridized carbons (Fsp3) is 0.158. The maximum absolute atomic E-state index is 13.7. The van der Waals surface area contributed by atoms with Crippen molar-refractivity contribution in [3.05, 3.63) is 75.8 Å². The summed E-state index contributed by atoms with van der Waals surface area (Å²) >= 11 is 0.835. The van der Waals surface area contributed by atoms with Gasteiger partial charge in [-0.1, -0.05) is 35.1 Å². The second-order valence-electron chi connectivity index (χ2n) is 6.23. The Labute approximate surface area is 170 Å². The van der Waals surface area contributed by atoms with Gasteiger partial charge in [0.15, 0.2) is 5.13 Å². The summed E-state index contributed by atoms with van der Waals surface area (Å²) in [6.07, 6.45) is 0. The number of carbonyl (C=O) groups is 1. The largest absolute Gasteiger partial charge is 0.347 e. The molecule has 0 spiro atoms. The Hall–Kier alpha value is -2.85. The number of thiazole rings is 1. The minimum Gasteiger partial charge on any atom is -0.347 e. The zero-order chi connectivity index (χ0) is 21.2. The molecule has 152 valence electrons. The molecular formula is C19H17F2N3O3S2. The molecule has 1 aromatic heterocycles. The fourth-order valence-electron chi connectivity index (χ4n) is 2.49. The summed E-state index contributed by atoms with van der Waals surface area (Å²) in [6.45, 7) is 3.03. The molecule has 3 rings (SSSR count). The van der Waals surface area contributed by atoms with Gasteiger partial charge in [-0.3, -0.25) is 9.52 Å². The molecule has 6 nitrogen and oxygen atoms in total. The highest BCUT2D eigenvalue weighted by Gasteiger charge is 2.21. The van der Waals surface area contributed by atoms with Gasteiger partial charge in [0.05, 0.1) is 10.6 Å². The van der Waals surface area contributed by atoms with Gasteiger partial charge < -0.3 is 5.32 Å². The zero-order valence-electron chi connectivity index (χ0n) is 15.5. The molecule has 29 heavy (non-hydrogen) atoms. The van der Waals surface area contributed by atoms with E-state index in [4.69, 9.17) is 0 Å². The molecule has 0 saturated carbocycles. The van der Waals surface area contributed by atoms with Crippen molar-refractivity contribution in [2.45, 2.75) is 25.3 Å². The van der Waals surface area contributed by atoms with Crippen LogP contribution in [0.2, 0.25) is 0 Å². The summed E-state index contributed by atoms with van der Waals surface area (Å²) in [6, 6.07) is 9.70. The number of sulfonamides is 1. The highest BCUT2D eigenvalue weighted by atomic mass is 32.2. The molecule has 3 aromatic rings. The Morgan fingerprint density at radius 1 is 1.07 bits per heavy atom. The molecule has 0 aliphatic heterocycles.